The Morgan fingerprint density at radius 2 is 2.06 bits per heavy atom. The summed E-state index contributed by atoms with van der Waals surface area (Å²) in [5.74, 6) is 1.12. The number of nitrogens with zero attached hydrogens (tertiary/aromatic N) is 1. The molecule has 88 valence electrons. The van der Waals surface area contributed by atoms with Gasteiger partial charge in [-0.15, -0.1) is 11.3 Å². The van der Waals surface area contributed by atoms with Crippen LogP contribution in [0.4, 0.5) is 5.82 Å². The molecule has 0 aromatic carbocycles. The zero-order valence-corrected chi connectivity index (χ0v) is 11.2. The highest BCUT2D eigenvalue weighted by molar-refractivity contribution is 7.10. The number of anilines is 1. The summed E-state index contributed by atoms with van der Waals surface area (Å²) in [5.41, 5.74) is 1.26. The molecular formula is C12H18N2OS. The summed E-state index contributed by atoms with van der Waals surface area (Å²) in [6.45, 7) is 10.6. The predicted octanol–water partition coefficient (Wildman–Crippen LogP) is 3.04. The molecule has 16 heavy (non-hydrogen) atoms. The van der Waals surface area contributed by atoms with Crippen LogP contribution >= 0.6 is 11.3 Å². The molecule has 0 aliphatic carbocycles. The molecule has 1 aromatic heterocycles. The molecule has 4 heteroatoms. The van der Waals surface area contributed by atoms with E-state index in [2.05, 4.69) is 44.9 Å². The Hall–Kier alpha value is -0.900. The van der Waals surface area contributed by atoms with Crippen molar-refractivity contribution in [2.45, 2.75) is 40.0 Å². The molecule has 1 aliphatic rings. The number of carbonyl (C=O) groups is 1. The van der Waals surface area contributed by atoms with Crippen LogP contribution in [0.2, 0.25) is 0 Å². The Balaban J connectivity index is 2.69. The van der Waals surface area contributed by atoms with Gasteiger partial charge in [0.1, 0.15) is 5.82 Å². The summed E-state index contributed by atoms with van der Waals surface area (Å²) in [6.07, 6.45) is 0. The molecule has 1 aromatic rings. The average Bonchev–Trinajstić information content (AvgIpc) is 2.58. The van der Waals surface area contributed by atoms with Crippen molar-refractivity contribution in [2.24, 2.45) is 11.3 Å². The molecule has 1 N–H and O–H groups in total. The molecule has 0 radical (unpaired) electrons. The molecule has 2 rings (SSSR count). The average molecular weight is 238 g/mol. The van der Waals surface area contributed by atoms with E-state index in [-0.39, 0.29) is 17.2 Å². The van der Waals surface area contributed by atoms with Gasteiger partial charge in [-0.25, -0.2) is 4.98 Å². The van der Waals surface area contributed by atoms with Gasteiger partial charge >= 0.3 is 0 Å². The second-order valence-electron chi connectivity index (χ2n) is 5.70. The fraction of sp³-hybridized carbons (Fsp3) is 0.667. The highest BCUT2D eigenvalue weighted by Crippen LogP contribution is 2.54. The summed E-state index contributed by atoms with van der Waals surface area (Å²) in [5, 5.41) is 2.92. The van der Waals surface area contributed by atoms with Gasteiger partial charge in [0.15, 0.2) is 0 Å². The number of carbonyl (C=O) groups excluding carboxylic acids is 1. The van der Waals surface area contributed by atoms with Crippen LogP contribution in [0.25, 0.3) is 0 Å². The lowest BCUT2D eigenvalue weighted by molar-refractivity contribution is -0.126. The van der Waals surface area contributed by atoms with Gasteiger partial charge in [-0.3, -0.25) is 4.79 Å². The minimum Gasteiger partial charge on any atom is -0.309 e. The first-order valence-corrected chi connectivity index (χ1v) is 6.45. The number of aromatic nitrogens is 1. The van der Waals surface area contributed by atoms with Crippen molar-refractivity contribution >= 4 is 23.1 Å². The quantitative estimate of drug-likeness (QED) is 0.817. The van der Waals surface area contributed by atoms with Crippen LogP contribution in [0.15, 0.2) is 5.51 Å². The molecule has 1 atom stereocenters. The molecule has 1 unspecified atom stereocenters. The summed E-state index contributed by atoms with van der Waals surface area (Å²) < 4.78 is 0. The van der Waals surface area contributed by atoms with Gasteiger partial charge in [0.05, 0.1) is 15.8 Å². The number of rotatable bonds is 1. The Labute approximate surface area is 100 Å². The first-order valence-electron chi connectivity index (χ1n) is 5.57. The molecule has 1 aliphatic heterocycles. The van der Waals surface area contributed by atoms with E-state index in [9.17, 15) is 4.79 Å². The molecule has 1 amide bonds. The second-order valence-corrected chi connectivity index (χ2v) is 6.55. The molecular weight excluding hydrogens is 220 g/mol. The van der Waals surface area contributed by atoms with E-state index in [1.807, 2.05) is 5.51 Å². The first kappa shape index (κ1) is 11.6. The lowest BCUT2D eigenvalue weighted by Crippen LogP contribution is -2.49. The van der Waals surface area contributed by atoms with Crippen molar-refractivity contribution in [3.05, 3.63) is 10.4 Å². The van der Waals surface area contributed by atoms with E-state index >= 15 is 0 Å². The van der Waals surface area contributed by atoms with Gasteiger partial charge in [0.25, 0.3) is 0 Å². The van der Waals surface area contributed by atoms with E-state index in [1.165, 1.54) is 0 Å². The largest absolute Gasteiger partial charge is 0.309 e. The number of nitrogens with one attached hydrogen (secondary N) is 1. The highest BCUT2D eigenvalue weighted by Gasteiger charge is 2.58. The van der Waals surface area contributed by atoms with Gasteiger partial charge in [0, 0.05) is 0 Å². The van der Waals surface area contributed by atoms with E-state index in [1.54, 1.807) is 11.3 Å². The maximum absolute atomic E-state index is 12.4. The third kappa shape index (κ3) is 1.19. The summed E-state index contributed by atoms with van der Waals surface area (Å²) in [6, 6.07) is 0. The van der Waals surface area contributed by atoms with Gasteiger partial charge in [-0.05, 0) is 11.3 Å². The normalized spacial score (nSPS) is 24.8. The molecule has 0 bridgehead atoms. The Morgan fingerprint density at radius 3 is 2.56 bits per heavy atom. The molecule has 0 fully saturated rings. The van der Waals surface area contributed by atoms with Crippen molar-refractivity contribution in [2.75, 3.05) is 5.32 Å². The number of thiazole rings is 1. The van der Waals surface area contributed by atoms with Crippen LogP contribution in [0.5, 0.6) is 0 Å². The predicted molar refractivity (Wildman–Crippen MR) is 66.7 cm³/mol. The van der Waals surface area contributed by atoms with Crippen LogP contribution in [0.1, 0.15) is 39.5 Å². The highest BCUT2D eigenvalue weighted by atomic mass is 32.1. The Kier molecular flexibility index (Phi) is 2.38. The second kappa shape index (κ2) is 3.29. The fourth-order valence-corrected chi connectivity index (χ4v) is 4.30. The minimum absolute atomic E-state index is 0.101. The van der Waals surface area contributed by atoms with E-state index < -0.39 is 5.41 Å². The summed E-state index contributed by atoms with van der Waals surface area (Å²) in [4.78, 5) is 17.7. The summed E-state index contributed by atoms with van der Waals surface area (Å²) >= 11 is 1.58. The van der Waals surface area contributed by atoms with E-state index in [0.29, 0.717) is 0 Å². The van der Waals surface area contributed by atoms with E-state index in [0.717, 1.165) is 10.7 Å². The SMILES string of the molecule is CC(C)C1(C(C)(C)C)C(=O)Nc2ncsc21. The molecule has 0 spiro atoms. The lowest BCUT2D eigenvalue weighted by Gasteiger charge is -2.42. The van der Waals surface area contributed by atoms with Gasteiger partial charge in [-0.1, -0.05) is 34.6 Å². The smallest absolute Gasteiger partial charge is 0.237 e. The van der Waals surface area contributed by atoms with Gasteiger partial charge in [-0.2, -0.15) is 0 Å². The molecule has 0 saturated heterocycles. The Bertz CT molecular complexity index is 430. The fourth-order valence-electron chi connectivity index (χ4n) is 3.00. The van der Waals surface area contributed by atoms with E-state index in [4.69, 9.17) is 0 Å². The summed E-state index contributed by atoms with van der Waals surface area (Å²) in [7, 11) is 0. The number of amides is 1. The van der Waals surface area contributed by atoms with Gasteiger partial charge in [0.2, 0.25) is 5.91 Å². The van der Waals surface area contributed by atoms with Crippen LogP contribution < -0.4 is 5.32 Å². The molecule has 2 heterocycles. The van der Waals surface area contributed by atoms with Gasteiger partial charge < -0.3 is 5.32 Å². The zero-order valence-electron chi connectivity index (χ0n) is 10.4. The van der Waals surface area contributed by atoms with Crippen molar-refractivity contribution < 1.29 is 4.79 Å². The van der Waals surface area contributed by atoms with Crippen LogP contribution in [0, 0.1) is 11.3 Å². The monoisotopic (exact) mass is 238 g/mol. The third-order valence-corrected chi connectivity index (χ3v) is 4.53. The van der Waals surface area contributed by atoms with Crippen molar-refractivity contribution in [3.8, 4) is 0 Å². The molecule has 3 nitrogen and oxygen atoms in total. The van der Waals surface area contributed by atoms with Crippen LogP contribution in [-0.4, -0.2) is 10.9 Å². The first-order chi connectivity index (χ1) is 7.31. The lowest BCUT2D eigenvalue weighted by atomic mass is 9.60. The van der Waals surface area contributed by atoms with Crippen molar-refractivity contribution in [3.63, 3.8) is 0 Å². The zero-order chi connectivity index (χ0) is 12.1. The number of fused-ring (bicyclic) bond motifs is 1. The maximum Gasteiger partial charge on any atom is 0.237 e. The third-order valence-electron chi connectivity index (χ3n) is 3.56. The number of hydrogen-bond acceptors (Lipinski definition) is 3. The van der Waals surface area contributed by atoms with Crippen molar-refractivity contribution in [1.29, 1.82) is 0 Å². The van der Waals surface area contributed by atoms with Crippen LogP contribution in [-0.2, 0) is 10.2 Å². The van der Waals surface area contributed by atoms with Crippen LogP contribution in [0.3, 0.4) is 0 Å². The van der Waals surface area contributed by atoms with Crippen molar-refractivity contribution in [1.82, 2.24) is 4.98 Å². The topological polar surface area (TPSA) is 42.0 Å². The Morgan fingerprint density at radius 1 is 1.44 bits per heavy atom. The minimum atomic E-state index is -0.441. The maximum atomic E-state index is 12.4. The number of hydrogen-bond donors (Lipinski definition) is 1. The molecule has 0 saturated carbocycles. The standard InChI is InChI=1S/C12H18N2OS/c1-7(2)12(11(3,4)5)8-9(13-6-16-8)14-10(12)15/h6-7H,1-5H3,(H,14,15).